The summed E-state index contributed by atoms with van der Waals surface area (Å²) in [6, 6.07) is 0. The summed E-state index contributed by atoms with van der Waals surface area (Å²) in [5.74, 6) is -3.19. The molecular formula is C9H10ClNO4. The predicted octanol–water partition coefficient (Wildman–Crippen LogP) is -0.274. The van der Waals surface area contributed by atoms with Gasteiger partial charge in [-0.25, -0.2) is 0 Å². The van der Waals surface area contributed by atoms with Crippen molar-refractivity contribution in [3.63, 3.8) is 0 Å². The van der Waals surface area contributed by atoms with E-state index >= 15 is 0 Å². The molecule has 0 aliphatic heterocycles. The number of carboxylic acids is 2. The van der Waals surface area contributed by atoms with Gasteiger partial charge in [-0.1, -0.05) is 0 Å². The summed E-state index contributed by atoms with van der Waals surface area (Å²) in [5.41, 5.74) is 3.48. The Morgan fingerprint density at radius 1 is 1.33 bits per heavy atom. The number of hydrogen-bond acceptors (Lipinski definition) is 3. The third-order valence-corrected chi connectivity index (χ3v) is 5.16. The first kappa shape index (κ1) is 9.42. The number of alkyl halides is 1. The molecule has 4 aliphatic rings. The summed E-state index contributed by atoms with van der Waals surface area (Å²) >= 11 is 6.05. The van der Waals surface area contributed by atoms with E-state index in [2.05, 4.69) is 0 Å². The Labute approximate surface area is 90.2 Å². The van der Waals surface area contributed by atoms with E-state index < -0.39 is 40.1 Å². The highest BCUT2D eigenvalue weighted by molar-refractivity contribution is 6.23. The summed E-state index contributed by atoms with van der Waals surface area (Å²) in [4.78, 5) is 22.3. The van der Waals surface area contributed by atoms with Gasteiger partial charge in [0.05, 0.1) is 5.41 Å². The number of hydrogen-bond donors (Lipinski definition) is 3. The maximum Gasteiger partial charge on any atom is 0.324 e. The molecule has 4 rings (SSSR count). The average molecular weight is 232 g/mol. The molecule has 0 saturated heterocycles. The molecule has 0 radical (unpaired) electrons. The topological polar surface area (TPSA) is 101 Å². The fourth-order valence-corrected chi connectivity index (χ4v) is 4.64. The second kappa shape index (κ2) is 2.15. The van der Waals surface area contributed by atoms with Gasteiger partial charge < -0.3 is 15.9 Å². The van der Waals surface area contributed by atoms with Crippen LogP contribution in [0.2, 0.25) is 0 Å². The van der Waals surface area contributed by atoms with Crippen molar-refractivity contribution in [2.75, 3.05) is 0 Å². The Kier molecular flexibility index (Phi) is 1.35. The third kappa shape index (κ3) is 0.656. The van der Waals surface area contributed by atoms with E-state index in [0.717, 1.165) is 0 Å². The standard InChI is InChI=1S/C9H10ClNO4/c10-4-2-1-8(6(12)13)3(4)5(8)9(2,11)7(14)15/h2-5H,1,11H2,(H,12,13)(H,14,15). The predicted molar refractivity (Wildman–Crippen MR) is 49.4 cm³/mol. The molecule has 15 heavy (non-hydrogen) atoms. The molecule has 0 aromatic carbocycles. The van der Waals surface area contributed by atoms with Gasteiger partial charge >= 0.3 is 11.9 Å². The summed E-state index contributed by atoms with van der Waals surface area (Å²) < 4.78 is 0. The summed E-state index contributed by atoms with van der Waals surface area (Å²) in [5, 5.41) is 17.8. The fraction of sp³-hybridized carbons (Fsp3) is 0.778. The Balaban J connectivity index is 2.10. The minimum absolute atomic E-state index is 0.247. The quantitative estimate of drug-likeness (QED) is 0.568. The highest BCUT2D eigenvalue weighted by atomic mass is 35.5. The molecule has 0 spiro atoms. The van der Waals surface area contributed by atoms with Crippen molar-refractivity contribution in [3.05, 3.63) is 0 Å². The molecule has 6 atom stereocenters. The fourth-order valence-electron chi connectivity index (χ4n) is 3.97. The first-order valence-corrected chi connectivity index (χ1v) is 5.22. The van der Waals surface area contributed by atoms with Crippen molar-refractivity contribution in [1.29, 1.82) is 0 Å². The normalized spacial score (nSPS) is 59.3. The lowest BCUT2D eigenvalue weighted by atomic mass is 9.89. The van der Waals surface area contributed by atoms with Crippen LogP contribution in [0.25, 0.3) is 0 Å². The maximum atomic E-state index is 11.2. The molecule has 4 bridgehead atoms. The van der Waals surface area contributed by atoms with Crippen LogP contribution in [0.3, 0.4) is 0 Å². The van der Waals surface area contributed by atoms with Gasteiger partial charge in [-0.15, -0.1) is 11.6 Å². The van der Waals surface area contributed by atoms with Crippen molar-refractivity contribution < 1.29 is 19.8 Å². The van der Waals surface area contributed by atoms with E-state index in [1.807, 2.05) is 0 Å². The molecule has 6 heteroatoms. The molecule has 4 saturated carbocycles. The highest BCUT2D eigenvalue weighted by Gasteiger charge is 2.92. The van der Waals surface area contributed by atoms with Crippen molar-refractivity contribution >= 4 is 23.5 Å². The van der Waals surface area contributed by atoms with Crippen molar-refractivity contribution in [3.8, 4) is 0 Å². The van der Waals surface area contributed by atoms with Crippen molar-refractivity contribution in [2.24, 2.45) is 28.9 Å². The second-order valence-corrected chi connectivity index (χ2v) is 5.35. The Bertz CT molecular complexity index is 400. The van der Waals surface area contributed by atoms with E-state index in [0.29, 0.717) is 6.42 Å². The van der Waals surface area contributed by atoms with Crippen LogP contribution in [0.5, 0.6) is 0 Å². The van der Waals surface area contributed by atoms with Gasteiger partial charge in [0.1, 0.15) is 5.54 Å². The Morgan fingerprint density at radius 2 is 1.93 bits per heavy atom. The largest absolute Gasteiger partial charge is 0.481 e. The van der Waals surface area contributed by atoms with Crippen LogP contribution < -0.4 is 5.73 Å². The van der Waals surface area contributed by atoms with Gasteiger partial charge in [0.15, 0.2) is 0 Å². The number of aliphatic carboxylic acids is 2. The second-order valence-electron chi connectivity index (χ2n) is 4.84. The monoisotopic (exact) mass is 231 g/mol. The molecule has 0 amide bonds. The Hall–Kier alpha value is -0.810. The van der Waals surface area contributed by atoms with Crippen LogP contribution in [0.15, 0.2) is 0 Å². The van der Waals surface area contributed by atoms with E-state index in [-0.39, 0.29) is 5.92 Å². The Morgan fingerprint density at radius 3 is 2.20 bits per heavy atom. The minimum atomic E-state index is -1.42. The smallest absolute Gasteiger partial charge is 0.324 e. The van der Waals surface area contributed by atoms with Gasteiger partial charge in [0.25, 0.3) is 0 Å². The van der Waals surface area contributed by atoms with E-state index in [1.54, 1.807) is 0 Å². The van der Waals surface area contributed by atoms with Crippen LogP contribution in [-0.4, -0.2) is 33.1 Å². The number of rotatable bonds is 2. The molecule has 4 fully saturated rings. The summed E-state index contributed by atoms with van der Waals surface area (Å²) in [6.45, 7) is 0. The number of halogens is 1. The first-order valence-electron chi connectivity index (χ1n) is 4.78. The van der Waals surface area contributed by atoms with Crippen LogP contribution in [-0.2, 0) is 9.59 Å². The maximum absolute atomic E-state index is 11.2. The van der Waals surface area contributed by atoms with Gasteiger partial charge in [-0.3, -0.25) is 9.59 Å². The number of nitrogens with two attached hydrogens (primary N) is 1. The average Bonchev–Trinajstić information content (AvgIpc) is 2.52. The first-order chi connectivity index (χ1) is 6.88. The zero-order valence-electron chi connectivity index (χ0n) is 7.68. The number of carbonyl (C=O) groups is 2. The lowest BCUT2D eigenvalue weighted by Crippen LogP contribution is -2.52. The SMILES string of the molecule is NC1(C(=O)O)C2CC3(C(=O)O)C(C2Cl)C13. The van der Waals surface area contributed by atoms with E-state index in [1.165, 1.54) is 0 Å². The van der Waals surface area contributed by atoms with Crippen molar-refractivity contribution in [2.45, 2.75) is 17.3 Å². The molecular weight excluding hydrogens is 222 g/mol. The molecule has 4 N–H and O–H groups in total. The zero-order valence-corrected chi connectivity index (χ0v) is 8.44. The van der Waals surface area contributed by atoms with Crippen molar-refractivity contribution in [1.82, 2.24) is 0 Å². The van der Waals surface area contributed by atoms with Gasteiger partial charge in [0.2, 0.25) is 0 Å². The zero-order chi connectivity index (χ0) is 11.2. The lowest BCUT2D eigenvalue weighted by molar-refractivity contribution is -0.145. The molecule has 82 valence electrons. The van der Waals surface area contributed by atoms with Gasteiger partial charge in [-0.2, -0.15) is 0 Å². The number of carboxylic acid groups (broad SMARTS) is 2. The third-order valence-electron chi connectivity index (χ3n) is 4.58. The summed E-state index contributed by atoms with van der Waals surface area (Å²) in [6.07, 6.45) is 0.314. The summed E-state index contributed by atoms with van der Waals surface area (Å²) in [7, 11) is 0. The molecule has 5 nitrogen and oxygen atoms in total. The van der Waals surface area contributed by atoms with Crippen LogP contribution in [0, 0.1) is 23.2 Å². The lowest BCUT2D eigenvalue weighted by Gasteiger charge is -2.24. The molecule has 0 aromatic rings. The highest BCUT2D eigenvalue weighted by Crippen LogP contribution is 2.82. The molecule has 0 aromatic heterocycles. The van der Waals surface area contributed by atoms with Crippen LogP contribution >= 0.6 is 11.6 Å². The molecule has 0 heterocycles. The van der Waals surface area contributed by atoms with E-state index in [4.69, 9.17) is 27.5 Å². The van der Waals surface area contributed by atoms with Gasteiger partial charge in [0, 0.05) is 17.2 Å². The minimum Gasteiger partial charge on any atom is -0.481 e. The van der Waals surface area contributed by atoms with Crippen LogP contribution in [0.1, 0.15) is 6.42 Å². The van der Waals surface area contributed by atoms with Gasteiger partial charge in [-0.05, 0) is 12.3 Å². The molecule has 6 unspecified atom stereocenters. The van der Waals surface area contributed by atoms with Crippen LogP contribution in [0.4, 0.5) is 0 Å². The molecule has 4 aliphatic carbocycles. The van der Waals surface area contributed by atoms with E-state index in [9.17, 15) is 9.59 Å².